The lowest BCUT2D eigenvalue weighted by molar-refractivity contribution is -0.136. The number of imidazole rings is 1. The van der Waals surface area contributed by atoms with Crippen molar-refractivity contribution in [3.63, 3.8) is 0 Å². The smallest absolute Gasteiger partial charge is 0.225 e. The van der Waals surface area contributed by atoms with Gasteiger partial charge in [-0.05, 0) is 37.8 Å². The van der Waals surface area contributed by atoms with Crippen LogP contribution in [0.15, 0.2) is 24.3 Å². The molecule has 0 bridgehead atoms. The molecular weight excluding hydrogens is 274 g/mol. The van der Waals surface area contributed by atoms with E-state index in [-0.39, 0.29) is 0 Å². The average molecular weight is 297 g/mol. The second-order valence-electron chi connectivity index (χ2n) is 6.72. The summed E-state index contributed by atoms with van der Waals surface area (Å²) < 4.78 is 0. The van der Waals surface area contributed by atoms with Crippen molar-refractivity contribution in [3.05, 3.63) is 30.1 Å². The van der Waals surface area contributed by atoms with E-state index in [1.807, 2.05) is 18.2 Å². The zero-order chi connectivity index (χ0) is 14.9. The van der Waals surface area contributed by atoms with E-state index in [1.54, 1.807) is 0 Å². The van der Waals surface area contributed by atoms with Gasteiger partial charge in [0, 0.05) is 24.9 Å². The number of fused-ring (bicyclic) bond motifs is 1. The third kappa shape index (κ3) is 2.51. The first kappa shape index (κ1) is 13.8. The number of nitrogens with zero attached hydrogens (tertiary/aromatic N) is 2. The first-order chi connectivity index (χ1) is 10.8. The normalized spacial score (nSPS) is 20.8. The highest BCUT2D eigenvalue weighted by Gasteiger charge is 2.31. The lowest BCUT2D eigenvalue weighted by atomic mass is 9.94. The van der Waals surface area contributed by atoms with Crippen LogP contribution in [0.25, 0.3) is 11.0 Å². The molecule has 1 aliphatic heterocycles. The number of H-pyrrole nitrogens is 1. The lowest BCUT2D eigenvalue weighted by Gasteiger charge is -2.32. The first-order valence-electron chi connectivity index (χ1n) is 8.55. The van der Waals surface area contributed by atoms with Crippen molar-refractivity contribution in [2.75, 3.05) is 13.1 Å². The number of likely N-dealkylation sites (tertiary alicyclic amines) is 1. The molecule has 2 fully saturated rings. The quantitative estimate of drug-likeness (QED) is 0.923. The predicted octanol–water partition coefficient (Wildman–Crippen LogP) is 3.46. The maximum absolute atomic E-state index is 12.5. The van der Waals surface area contributed by atoms with Gasteiger partial charge in [0.2, 0.25) is 5.91 Å². The number of piperidine rings is 1. The molecule has 0 atom stereocenters. The van der Waals surface area contributed by atoms with Gasteiger partial charge in [-0.1, -0.05) is 25.0 Å². The van der Waals surface area contributed by atoms with Crippen LogP contribution < -0.4 is 0 Å². The highest BCUT2D eigenvalue weighted by Crippen LogP contribution is 2.31. The molecule has 2 heterocycles. The largest absolute Gasteiger partial charge is 0.342 e. The fourth-order valence-electron chi connectivity index (χ4n) is 3.97. The van der Waals surface area contributed by atoms with Gasteiger partial charge in [0.05, 0.1) is 11.0 Å². The van der Waals surface area contributed by atoms with E-state index in [9.17, 15) is 4.79 Å². The Bertz CT molecular complexity index is 631. The highest BCUT2D eigenvalue weighted by atomic mass is 16.2. The third-order valence-electron chi connectivity index (χ3n) is 5.31. The number of rotatable bonds is 2. The van der Waals surface area contributed by atoms with Crippen molar-refractivity contribution < 1.29 is 4.79 Å². The van der Waals surface area contributed by atoms with E-state index >= 15 is 0 Å². The minimum absolute atomic E-state index is 0.308. The van der Waals surface area contributed by atoms with Crippen LogP contribution in [-0.2, 0) is 4.79 Å². The predicted molar refractivity (Wildman–Crippen MR) is 86.6 cm³/mol. The number of hydrogen-bond donors (Lipinski definition) is 1. The number of aromatic nitrogens is 2. The van der Waals surface area contributed by atoms with E-state index in [0.717, 1.165) is 55.6 Å². The average Bonchev–Trinajstić information content (AvgIpc) is 3.23. The molecule has 1 aromatic carbocycles. The van der Waals surface area contributed by atoms with Crippen molar-refractivity contribution in [1.29, 1.82) is 0 Å². The molecule has 0 unspecified atom stereocenters. The molecule has 1 saturated heterocycles. The van der Waals surface area contributed by atoms with Gasteiger partial charge in [0.1, 0.15) is 5.82 Å². The number of hydrogen-bond acceptors (Lipinski definition) is 2. The van der Waals surface area contributed by atoms with E-state index < -0.39 is 0 Å². The summed E-state index contributed by atoms with van der Waals surface area (Å²) in [7, 11) is 0. The second kappa shape index (κ2) is 5.75. The Morgan fingerprint density at radius 2 is 1.82 bits per heavy atom. The summed E-state index contributed by atoms with van der Waals surface area (Å²) in [6.07, 6.45) is 6.71. The molecule has 1 aliphatic carbocycles. The van der Waals surface area contributed by atoms with Crippen LogP contribution in [0.3, 0.4) is 0 Å². The van der Waals surface area contributed by atoms with E-state index in [4.69, 9.17) is 4.98 Å². The summed E-state index contributed by atoms with van der Waals surface area (Å²) in [5.41, 5.74) is 2.16. The topological polar surface area (TPSA) is 49.0 Å². The Kier molecular flexibility index (Phi) is 3.60. The lowest BCUT2D eigenvalue weighted by Crippen LogP contribution is -2.40. The molecule has 22 heavy (non-hydrogen) atoms. The van der Waals surface area contributed by atoms with Gasteiger partial charge in [0.15, 0.2) is 0 Å². The van der Waals surface area contributed by atoms with Gasteiger partial charge in [-0.2, -0.15) is 0 Å². The number of para-hydroxylation sites is 2. The van der Waals surface area contributed by atoms with Gasteiger partial charge in [-0.15, -0.1) is 0 Å². The molecule has 1 N–H and O–H groups in total. The maximum Gasteiger partial charge on any atom is 0.225 e. The molecule has 0 spiro atoms. The van der Waals surface area contributed by atoms with Crippen LogP contribution in [0.2, 0.25) is 0 Å². The number of amides is 1. The van der Waals surface area contributed by atoms with E-state index in [0.29, 0.717) is 17.7 Å². The third-order valence-corrected chi connectivity index (χ3v) is 5.31. The number of aromatic amines is 1. The number of carbonyl (C=O) groups is 1. The van der Waals surface area contributed by atoms with Crippen molar-refractivity contribution >= 4 is 16.9 Å². The van der Waals surface area contributed by atoms with Crippen molar-refractivity contribution in [2.45, 2.75) is 44.4 Å². The Balaban J connectivity index is 1.41. The summed E-state index contributed by atoms with van der Waals surface area (Å²) in [6, 6.07) is 8.18. The van der Waals surface area contributed by atoms with Crippen LogP contribution in [0.5, 0.6) is 0 Å². The van der Waals surface area contributed by atoms with Gasteiger partial charge in [0.25, 0.3) is 0 Å². The van der Waals surface area contributed by atoms with Gasteiger partial charge in [-0.3, -0.25) is 4.79 Å². The molecule has 1 aromatic heterocycles. The highest BCUT2D eigenvalue weighted by molar-refractivity contribution is 5.79. The van der Waals surface area contributed by atoms with Crippen LogP contribution in [0.1, 0.15) is 50.3 Å². The second-order valence-corrected chi connectivity index (χ2v) is 6.72. The molecule has 2 aromatic rings. The van der Waals surface area contributed by atoms with E-state index in [1.165, 1.54) is 12.8 Å². The van der Waals surface area contributed by atoms with Gasteiger partial charge >= 0.3 is 0 Å². The van der Waals surface area contributed by atoms with E-state index in [2.05, 4.69) is 16.0 Å². The number of carbonyl (C=O) groups excluding carboxylic acids is 1. The van der Waals surface area contributed by atoms with Gasteiger partial charge in [-0.25, -0.2) is 4.98 Å². The SMILES string of the molecule is O=C(C1CCCC1)N1CCC(c2nc3ccccc3[nH]2)CC1. The minimum Gasteiger partial charge on any atom is -0.342 e. The molecule has 4 rings (SSSR count). The molecule has 2 aliphatic rings. The van der Waals surface area contributed by atoms with Crippen molar-refractivity contribution in [1.82, 2.24) is 14.9 Å². The van der Waals surface area contributed by atoms with Crippen LogP contribution in [0.4, 0.5) is 0 Å². The Labute approximate surface area is 130 Å². The number of nitrogens with one attached hydrogen (secondary N) is 1. The summed E-state index contributed by atoms with van der Waals surface area (Å²) in [5.74, 6) is 2.26. The molecule has 1 amide bonds. The summed E-state index contributed by atoms with van der Waals surface area (Å²) in [4.78, 5) is 22.8. The Morgan fingerprint density at radius 3 is 2.55 bits per heavy atom. The van der Waals surface area contributed by atoms with Crippen LogP contribution in [0, 0.1) is 5.92 Å². The zero-order valence-electron chi connectivity index (χ0n) is 12.9. The molecule has 0 radical (unpaired) electrons. The molecule has 116 valence electrons. The minimum atomic E-state index is 0.308. The summed E-state index contributed by atoms with van der Waals surface area (Å²) in [6.45, 7) is 1.77. The monoisotopic (exact) mass is 297 g/mol. The van der Waals surface area contributed by atoms with Crippen molar-refractivity contribution in [3.8, 4) is 0 Å². The Morgan fingerprint density at radius 1 is 1.09 bits per heavy atom. The molecule has 1 saturated carbocycles. The fourth-order valence-corrected chi connectivity index (χ4v) is 3.97. The number of benzene rings is 1. The van der Waals surface area contributed by atoms with Gasteiger partial charge < -0.3 is 9.88 Å². The molecular formula is C18H23N3O. The van der Waals surface area contributed by atoms with Crippen LogP contribution >= 0.6 is 0 Å². The zero-order valence-corrected chi connectivity index (χ0v) is 12.9. The molecule has 4 nitrogen and oxygen atoms in total. The summed E-state index contributed by atoms with van der Waals surface area (Å²) >= 11 is 0. The fraction of sp³-hybridized carbons (Fsp3) is 0.556. The van der Waals surface area contributed by atoms with Crippen LogP contribution in [-0.4, -0.2) is 33.9 Å². The standard InChI is InChI=1S/C18H23N3O/c22-18(14-5-1-2-6-14)21-11-9-13(10-12-21)17-19-15-7-3-4-8-16(15)20-17/h3-4,7-8,13-14H,1-2,5-6,9-12H2,(H,19,20). The van der Waals surface area contributed by atoms with Crippen molar-refractivity contribution in [2.24, 2.45) is 5.92 Å². The molecule has 4 heteroatoms. The first-order valence-corrected chi connectivity index (χ1v) is 8.55. The maximum atomic E-state index is 12.5. The Hall–Kier alpha value is -1.84. The summed E-state index contributed by atoms with van der Waals surface area (Å²) in [5, 5.41) is 0.